The fourth-order valence-electron chi connectivity index (χ4n) is 2.06. The number of carbonyl (C=O) groups is 1. The average molecular weight is 315 g/mol. The molecule has 0 aliphatic carbocycles. The second-order valence-corrected chi connectivity index (χ2v) is 5.56. The van der Waals surface area contributed by atoms with Gasteiger partial charge in [0.25, 0.3) is 0 Å². The van der Waals surface area contributed by atoms with Gasteiger partial charge in [0.15, 0.2) is 0 Å². The predicted molar refractivity (Wildman–Crippen MR) is 79.8 cm³/mol. The van der Waals surface area contributed by atoms with Crippen LogP contribution in [0.3, 0.4) is 0 Å². The Bertz CT molecular complexity index is 510. The van der Waals surface area contributed by atoms with Gasteiger partial charge < -0.3 is 25.2 Å². The number of carbonyl (C=O) groups excluding carboxylic acids is 1. The van der Waals surface area contributed by atoms with E-state index >= 15 is 0 Å². The first kappa shape index (κ1) is 15.9. The van der Waals surface area contributed by atoms with E-state index in [9.17, 15) is 15.0 Å². The van der Waals surface area contributed by atoms with Gasteiger partial charge in [-0.3, -0.25) is 0 Å². The van der Waals surface area contributed by atoms with E-state index in [1.807, 2.05) is 0 Å². The molecule has 116 valence electrons. The number of hydrogen-bond donors (Lipinski definition) is 3. The topological polar surface area (TPSA) is 82.0 Å². The zero-order valence-electron chi connectivity index (χ0n) is 11.8. The number of urea groups is 1. The molecule has 1 aliphatic heterocycles. The van der Waals surface area contributed by atoms with Gasteiger partial charge in [0.05, 0.1) is 17.9 Å². The first-order valence-corrected chi connectivity index (χ1v) is 7.18. The number of rotatable bonds is 4. The van der Waals surface area contributed by atoms with Gasteiger partial charge in [0.2, 0.25) is 0 Å². The minimum Gasteiger partial charge on any atom is -0.489 e. The Morgan fingerprint density at radius 1 is 1.62 bits per heavy atom. The van der Waals surface area contributed by atoms with E-state index in [1.165, 1.54) is 4.90 Å². The number of halogens is 1. The van der Waals surface area contributed by atoms with Crippen LogP contribution < -0.4 is 10.1 Å². The molecule has 7 heteroatoms. The third kappa shape index (κ3) is 4.49. The Labute approximate surface area is 128 Å². The van der Waals surface area contributed by atoms with Crippen LogP contribution in [0.25, 0.3) is 0 Å². The van der Waals surface area contributed by atoms with Gasteiger partial charge in [0, 0.05) is 18.1 Å². The fraction of sp³-hybridized carbons (Fsp3) is 0.500. The molecule has 3 N–H and O–H groups in total. The Kier molecular flexibility index (Phi) is 5.27. The van der Waals surface area contributed by atoms with Gasteiger partial charge >= 0.3 is 6.03 Å². The predicted octanol–water partition coefficient (Wildman–Crippen LogP) is 1.70. The second kappa shape index (κ2) is 6.98. The van der Waals surface area contributed by atoms with Crippen LogP contribution in [0.5, 0.6) is 5.75 Å². The summed E-state index contributed by atoms with van der Waals surface area (Å²) < 4.78 is 5.45. The highest BCUT2D eigenvalue weighted by molar-refractivity contribution is 6.31. The average Bonchev–Trinajstić information content (AvgIpc) is 2.84. The minimum absolute atomic E-state index is 0.118. The first-order valence-electron chi connectivity index (χ1n) is 6.80. The van der Waals surface area contributed by atoms with Gasteiger partial charge in [-0.15, -0.1) is 0 Å². The molecule has 0 bridgehead atoms. The molecule has 1 aromatic carbocycles. The standard InChI is InChI=1S/C14H19ClN2O4/c1-9(18)8-21-13-3-2-10(15)6-12(13)16-14(20)17-5-4-11(19)7-17/h2-3,6,9,11,18-19H,4-5,7-8H2,1H3,(H,16,20)/t9-,11-/m0/s1. The summed E-state index contributed by atoms with van der Waals surface area (Å²) in [5, 5.41) is 21.9. The molecule has 1 aliphatic rings. The van der Waals surface area contributed by atoms with Gasteiger partial charge in [-0.1, -0.05) is 11.6 Å². The Balaban J connectivity index is 2.06. The molecular weight excluding hydrogens is 296 g/mol. The van der Waals surface area contributed by atoms with E-state index in [-0.39, 0.29) is 12.6 Å². The maximum Gasteiger partial charge on any atom is 0.322 e. The van der Waals surface area contributed by atoms with Gasteiger partial charge in [0.1, 0.15) is 12.4 Å². The van der Waals surface area contributed by atoms with Crippen molar-refractivity contribution >= 4 is 23.3 Å². The number of nitrogens with zero attached hydrogens (tertiary/aromatic N) is 1. The monoisotopic (exact) mass is 314 g/mol. The summed E-state index contributed by atoms with van der Waals surface area (Å²) in [6, 6.07) is 4.56. The summed E-state index contributed by atoms with van der Waals surface area (Å²) in [6.45, 7) is 2.56. The maximum absolute atomic E-state index is 12.1. The third-order valence-corrected chi connectivity index (χ3v) is 3.35. The van der Waals surface area contributed by atoms with Crippen LogP contribution in [0.15, 0.2) is 18.2 Å². The first-order chi connectivity index (χ1) is 9.95. The van der Waals surface area contributed by atoms with E-state index in [1.54, 1.807) is 25.1 Å². The number of benzene rings is 1. The van der Waals surface area contributed by atoms with Crippen LogP contribution in [0, 0.1) is 0 Å². The maximum atomic E-state index is 12.1. The molecule has 0 unspecified atom stereocenters. The molecule has 0 saturated carbocycles. The number of anilines is 1. The van der Waals surface area contributed by atoms with Crippen molar-refractivity contribution in [3.8, 4) is 5.75 Å². The zero-order chi connectivity index (χ0) is 15.4. The molecule has 21 heavy (non-hydrogen) atoms. The summed E-state index contributed by atoms with van der Waals surface area (Å²) in [7, 11) is 0. The molecular formula is C14H19ClN2O4. The molecule has 1 heterocycles. The number of nitrogens with one attached hydrogen (secondary N) is 1. The van der Waals surface area contributed by atoms with Crippen molar-refractivity contribution in [1.29, 1.82) is 0 Å². The van der Waals surface area contributed by atoms with Crippen molar-refractivity contribution in [2.75, 3.05) is 25.0 Å². The molecule has 1 fully saturated rings. The van der Waals surface area contributed by atoms with Gasteiger partial charge in [-0.2, -0.15) is 0 Å². The second-order valence-electron chi connectivity index (χ2n) is 5.12. The summed E-state index contributed by atoms with van der Waals surface area (Å²) in [4.78, 5) is 13.6. The van der Waals surface area contributed by atoms with Crippen molar-refractivity contribution < 1.29 is 19.7 Å². The lowest BCUT2D eigenvalue weighted by molar-refractivity contribution is 0.123. The quantitative estimate of drug-likeness (QED) is 0.790. The van der Waals surface area contributed by atoms with Crippen molar-refractivity contribution in [3.63, 3.8) is 0 Å². The van der Waals surface area contributed by atoms with Crippen molar-refractivity contribution in [2.24, 2.45) is 0 Å². The van der Waals surface area contributed by atoms with Gasteiger partial charge in [-0.05, 0) is 31.5 Å². The van der Waals surface area contributed by atoms with Crippen molar-refractivity contribution in [3.05, 3.63) is 23.2 Å². The van der Waals surface area contributed by atoms with Crippen LogP contribution in [0.4, 0.5) is 10.5 Å². The summed E-state index contributed by atoms with van der Waals surface area (Å²) in [6.07, 6.45) is -0.507. The zero-order valence-corrected chi connectivity index (χ0v) is 12.5. The normalized spacial score (nSPS) is 19.4. The van der Waals surface area contributed by atoms with E-state index in [4.69, 9.17) is 16.3 Å². The number of amides is 2. The van der Waals surface area contributed by atoms with Crippen molar-refractivity contribution in [2.45, 2.75) is 25.6 Å². The van der Waals surface area contributed by atoms with Crippen LogP contribution in [0.1, 0.15) is 13.3 Å². The molecule has 0 aromatic heterocycles. The highest BCUT2D eigenvalue weighted by Gasteiger charge is 2.25. The molecule has 0 spiro atoms. The highest BCUT2D eigenvalue weighted by atomic mass is 35.5. The van der Waals surface area contributed by atoms with E-state index in [0.717, 1.165) is 0 Å². The largest absolute Gasteiger partial charge is 0.489 e. The Morgan fingerprint density at radius 2 is 2.38 bits per heavy atom. The molecule has 6 nitrogen and oxygen atoms in total. The molecule has 2 rings (SSSR count). The molecule has 1 saturated heterocycles. The van der Waals surface area contributed by atoms with E-state index < -0.39 is 12.2 Å². The molecule has 0 radical (unpaired) electrons. The van der Waals surface area contributed by atoms with Crippen LogP contribution >= 0.6 is 11.6 Å². The Morgan fingerprint density at radius 3 is 3.00 bits per heavy atom. The number of aliphatic hydroxyl groups is 2. The van der Waals surface area contributed by atoms with E-state index in [2.05, 4.69) is 5.32 Å². The smallest absolute Gasteiger partial charge is 0.322 e. The van der Waals surface area contributed by atoms with Gasteiger partial charge in [-0.25, -0.2) is 4.79 Å². The summed E-state index contributed by atoms with van der Waals surface area (Å²) >= 11 is 5.94. The lowest BCUT2D eigenvalue weighted by Crippen LogP contribution is -2.33. The van der Waals surface area contributed by atoms with Crippen LogP contribution in [0.2, 0.25) is 5.02 Å². The number of aliphatic hydroxyl groups excluding tert-OH is 2. The number of likely N-dealkylation sites (tertiary alicyclic amines) is 1. The SMILES string of the molecule is C[C@H](O)COc1ccc(Cl)cc1NC(=O)N1CC[C@H](O)C1. The highest BCUT2D eigenvalue weighted by Crippen LogP contribution is 2.28. The molecule has 2 amide bonds. The lowest BCUT2D eigenvalue weighted by atomic mass is 10.3. The Hall–Kier alpha value is -1.50. The third-order valence-electron chi connectivity index (χ3n) is 3.11. The van der Waals surface area contributed by atoms with Crippen LogP contribution in [-0.2, 0) is 0 Å². The van der Waals surface area contributed by atoms with Crippen molar-refractivity contribution in [1.82, 2.24) is 4.90 Å². The lowest BCUT2D eigenvalue weighted by Gasteiger charge is -2.19. The fourth-order valence-corrected chi connectivity index (χ4v) is 2.23. The minimum atomic E-state index is -0.613. The molecule has 2 atom stereocenters. The molecule has 1 aromatic rings. The van der Waals surface area contributed by atoms with Crippen LogP contribution in [-0.4, -0.2) is 53.0 Å². The number of ether oxygens (including phenoxy) is 1. The number of β-amino-alcohol motifs (C(OH)–C–C–N with tert-alkyl or cyclic N) is 1. The van der Waals surface area contributed by atoms with E-state index in [0.29, 0.717) is 36.0 Å². The summed E-state index contributed by atoms with van der Waals surface area (Å²) in [5.41, 5.74) is 0.439. The summed E-state index contributed by atoms with van der Waals surface area (Å²) in [5.74, 6) is 0.438. The number of hydrogen-bond acceptors (Lipinski definition) is 4.